The Morgan fingerprint density at radius 2 is 2.08 bits per heavy atom. The monoisotopic (exact) mass is 328 g/mol. The van der Waals surface area contributed by atoms with Crippen molar-refractivity contribution < 1.29 is 14.3 Å². The molecule has 1 aromatic carbocycles. The largest absolute Gasteiger partial charge is 0.484 e. The lowest BCUT2D eigenvalue weighted by atomic mass is 10.0. The van der Waals surface area contributed by atoms with Crippen LogP contribution in [0.15, 0.2) is 43.0 Å². The number of amides is 2. The van der Waals surface area contributed by atoms with Gasteiger partial charge in [0.25, 0.3) is 11.8 Å². The smallest absolute Gasteiger partial charge is 0.255 e. The van der Waals surface area contributed by atoms with Crippen molar-refractivity contribution in [2.24, 2.45) is 5.73 Å². The highest BCUT2D eigenvalue weighted by Crippen LogP contribution is 2.23. The molecule has 0 saturated carbocycles. The number of piperidine rings is 1. The second kappa shape index (κ2) is 7.16. The van der Waals surface area contributed by atoms with Crippen molar-refractivity contribution in [3.05, 3.63) is 48.5 Å². The highest BCUT2D eigenvalue weighted by atomic mass is 16.5. The molecule has 2 aromatic rings. The predicted octanol–water partition coefficient (Wildman–Crippen LogP) is 1.22. The molecule has 0 spiro atoms. The maximum atomic E-state index is 12.7. The van der Waals surface area contributed by atoms with Crippen LogP contribution < -0.4 is 10.5 Å². The zero-order valence-electron chi connectivity index (χ0n) is 13.3. The molecule has 1 aliphatic rings. The van der Waals surface area contributed by atoms with Crippen LogP contribution in [0.3, 0.4) is 0 Å². The summed E-state index contributed by atoms with van der Waals surface area (Å²) in [4.78, 5) is 29.3. The van der Waals surface area contributed by atoms with Gasteiger partial charge in [-0.15, -0.1) is 0 Å². The number of ether oxygens (including phenoxy) is 1. The normalized spacial score (nSPS) is 17.5. The van der Waals surface area contributed by atoms with Crippen LogP contribution in [0.2, 0.25) is 0 Å². The zero-order valence-corrected chi connectivity index (χ0v) is 13.3. The number of likely N-dealkylation sites (tertiary alicyclic amines) is 1. The lowest BCUT2D eigenvalue weighted by molar-refractivity contribution is -0.119. The van der Waals surface area contributed by atoms with Crippen molar-refractivity contribution in [2.75, 3.05) is 19.7 Å². The van der Waals surface area contributed by atoms with E-state index < -0.39 is 5.91 Å². The Morgan fingerprint density at radius 1 is 1.29 bits per heavy atom. The Morgan fingerprint density at radius 3 is 2.75 bits per heavy atom. The van der Waals surface area contributed by atoms with E-state index in [2.05, 4.69) is 9.55 Å². The molecule has 1 aromatic heterocycles. The average molecular weight is 328 g/mol. The number of hydrogen-bond donors (Lipinski definition) is 1. The van der Waals surface area contributed by atoms with E-state index in [-0.39, 0.29) is 18.6 Å². The van der Waals surface area contributed by atoms with Crippen molar-refractivity contribution in [1.29, 1.82) is 0 Å². The first-order valence-electron chi connectivity index (χ1n) is 7.91. The van der Waals surface area contributed by atoms with Crippen molar-refractivity contribution in [1.82, 2.24) is 14.5 Å². The van der Waals surface area contributed by atoms with E-state index in [9.17, 15) is 9.59 Å². The molecule has 1 atom stereocenters. The van der Waals surface area contributed by atoms with E-state index in [0.717, 1.165) is 19.4 Å². The van der Waals surface area contributed by atoms with Crippen LogP contribution in [0.5, 0.6) is 5.75 Å². The van der Waals surface area contributed by atoms with Crippen LogP contribution >= 0.6 is 0 Å². The third-order valence-corrected chi connectivity index (χ3v) is 4.11. The Labute approximate surface area is 140 Å². The highest BCUT2D eigenvalue weighted by Gasteiger charge is 2.25. The van der Waals surface area contributed by atoms with E-state index >= 15 is 0 Å². The van der Waals surface area contributed by atoms with E-state index in [1.807, 2.05) is 11.1 Å². The van der Waals surface area contributed by atoms with Gasteiger partial charge in [0.1, 0.15) is 5.75 Å². The number of primary amides is 1. The van der Waals surface area contributed by atoms with Gasteiger partial charge < -0.3 is 19.9 Å². The number of carbonyl (C=O) groups excluding carboxylic acids is 2. The summed E-state index contributed by atoms with van der Waals surface area (Å²) < 4.78 is 7.26. The van der Waals surface area contributed by atoms with E-state index in [1.165, 1.54) is 0 Å². The zero-order chi connectivity index (χ0) is 16.9. The summed E-state index contributed by atoms with van der Waals surface area (Å²) in [5, 5.41) is 0. The van der Waals surface area contributed by atoms with Gasteiger partial charge in [0.05, 0.1) is 12.4 Å². The molecule has 2 N–H and O–H groups in total. The standard InChI is InChI=1S/C17H20N4O3/c18-16(22)11-24-15-5-3-13(4-6-15)17(23)20-8-1-2-14(10-20)21-9-7-19-12-21/h3-7,9,12,14H,1-2,8,10-11H2,(H2,18,22). The van der Waals surface area contributed by atoms with Gasteiger partial charge >= 0.3 is 0 Å². The summed E-state index contributed by atoms with van der Waals surface area (Å²) in [7, 11) is 0. The van der Waals surface area contributed by atoms with Crippen LogP contribution in [-0.2, 0) is 4.79 Å². The molecular weight excluding hydrogens is 308 g/mol. The fourth-order valence-electron chi connectivity index (χ4n) is 2.90. The number of imidazole rings is 1. The summed E-state index contributed by atoms with van der Waals surface area (Å²) in [6.07, 6.45) is 7.49. The average Bonchev–Trinajstić information content (AvgIpc) is 3.14. The lowest BCUT2D eigenvalue weighted by Crippen LogP contribution is -2.40. The topological polar surface area (TPSA) is 90.5 Å². The first kappa shape index (κ1) is 16.0. The van der Waals surface area contributed by atoms with Gasteiger partial charge in [-0.25, -0.2) is 4.98 Å². The Hall–Kier alpha value is -2.83. The molecule has 7 nitrogen and oxygen atoms in total. The maximum absolute atomic E-state index is 12.7. The van der Waals surface area contributed by atoms with Gasteiger partial charge in [0.15, 0.2) is 6.61 Å². The second-order valence-electron chi connectivity index (χ2n) is 5.84. The van der Waals surface area contributed by atoms with Crippen molar-refractivity contribution >= 4 is 11.8 Å². The number of nitrogens with two attached hydrogens (primary N) is 1. The number of carbonyl (C=O) groups is 2. The fraction of sp³-hybridized carbons (Fsp3) is 0.353. The van der Waals surface area contributed by atoms with Crippen LogP contribution in [0.4, 0.5) is 0 Å². The molecular formula is C17H20N4O3. The van der Waals surface area contributed by atoms with Gasteiger partial charge in [-0.2, -0.15) is 0 Å². The third-order valence-electron chi connectivity index (χ3n) is 4.11. The molecule has 0 radical (unpaired) electrons. The van der Waals surface area contributed by atoms with Crippen molar-refractivity contribution in [3.63, 3.8) is 0 Å². The summed E-state index contributed by atoms with van der Waals surface area (Å²) in [6.45, 7) is 1.26. The van der Waals surface area contributed by atoms with Crippen molar-refractivity contribution in [3.8, 4) is 5.75 Å². The molecule has 1 fully saturated rings. The number of aromatic nitrogens is 2. The highest BCUT2D eigenvalue weighted by molar-refractivity contribution is 5.94. The third kappa shape index (κ3) is 3.73. The molecule has 0 bridgehead atoms. The van der Waals surface area contributed by atoms with E-state index in [0.29, 0.717) is 17.9 Å². The van der Waals surface area contributed by atoms with Crippen LogP contribution in [-0.4, -0.2) is 46.0 Å². The summed E-state index contributed by atoms with van der Waals surface area (Å²) in [5.74, 6) is -0.0180. The predicted molar refractivity (Wildman–Crippen MR) is 87.5 cm³/mol. The lowest BCUT2D eigenvalue weighted by Gasteiger charge is -2.33. The molecule has 1 saturated heterocycles. The number of benzene rings is 1. The van der Waals surface area contributed by atoms with E-state index in [1.54, 1.807) is 36.8 Å². The first-order valence-corrected chi connectivity index (χ1v) is 7.91. The van der Waals surface area contributed by atoms with Gasteiger partial charge in [0.2, 0.25) is 0 Å². The second-order valence-corrected chi connectivity index (χ2v) is 5.84. The molecule has 0 aliphatic carbocycles. The summed E-state index contributed by atoms with van der Waals surface area (Å²) >= 11 is 0. The van der Waals surface area contributed by atoms with Crippen molar-refractivity contribution in [2.45, 2.75) is 18.9 Å². The number of hydrogen-bond acceptors (Lipinski definition) is 4. The minimum Gasteiger partial charge on any atom is -0.484 e. The maximum Gasteiger partial charge on any atom is 0.255 e. The fourth-order valence-corrected chi connectivity index (χ4v) is 2.90. The van der Waals surface area contributed by atoms with Gasteiger partial charge in [-0.05, 0) is 37.1 Å². The molecule has 2 amide bonds. The van der Waals surface area contributed by atoms with E-state index in [4.69, 9.17) is 10.5 Å². The molecule has 3 rings (SSSR count). The molecule has 1 unspecified atom stereocenters. The molecule has 24 heavy (non-hydrogen) atoms. The Balaban J connectivity index is 1.64. The minimum atomic E-state index is -0.533. The van der Waals surface area contributed by atoms with Crippen LogP contribution in [0.25, 0.3) is 0 Å². The summed E-state index contributed by atoms with van der Waals surface area (Å²) in [6, 6.07) is 7.03. The Kier molecular flexibility index (Phi) is 4.79. The van der Waals surface area contributed by atoms with Crippen LogP contribution in [0, 0.1) is 0 Å². The quantitative estimate of drug-likeness (QED) is 0.893. The number of nitrogens with zero attached hydrogens (tertiary/aromatic N) is 3. The van der Waals surface area contributed by atoms with Gasteiger partial charge in [0, 0.05) is 31.0 Å². The van der Waals surface area contributed by atoms with Gasteiger partial charge in [-0.3, -0.25) is 9.59 Å². The van der Waals surface area contributed by atoms with Crippen LogP contribution in [0.1, 0.15) is 29.2 Å². The molecule has 126 valence electrons. The molecule has 1 aliphatic heterocycles. The first-order chi connectivity index (χ1) is 11.6. The molecule has 7 heteroatoms. The minimum absolute atomic E-state index is 0.00117. The number of rotatable bonds is 5. The molecule has 2 heterocycles. The Bertz CT molecular complexity index is 697. The summed E-state index contributed by atoms with van der Waals surface area (Å²) in [5.41, 5.74) is 5.64. The SMILES string of the molecule is NC(=O)COc1ccc(C(=O)N2CCCC(n3ccnc3)C2)cc1. The van der Waals surface area contributed by atoms with Gasteiger partial charge in [-0.1, -0.05) is 0 Å².